The molecular formula is C25H34O6. The van der Waals surface area contributed by atoms with Gasteiger partial charge in [-0.1, -0.05) is 39.0 Å². The Bertz CT molecular complexity index is 926. The SMILES string of the molecule is C/C=C(/C)C(=O)O[C@H]1C(C)=CC23C(=O)[C@@H](C=C(CO)[C@@H](O)[C@]12O)C1C(C[C@H]3C)C1(C)C. The van der Waals surface area contributed by atoms with Gasteiger partial charge in [0.05, 0.1) is 12.0 Å². The predicted octanol–water partition coefficient (Wildman–Crippen LogP) is 2.33. The summed E-state index contributed by atoms with van der Waals surface area (Å²) >= 11 is 0. The first-order valence-electron chi connectivity index (χ1n) is 11.2. The zero-order valence-corrected chi connectivity index (χ0v) is 19.2. The monoisotopic (exact) mass is 430 g/mol. The number of hydrogen-bond donors (Lipinski definition) is 3. The standard InChI is InChI=1S/C25H34O6/c1-7-12(2)22(29)31-21-13(3)10-24-14(4)8-17-18(23(17,5)6)16(20(24)28)9-15(11-26)19(27)25(21,24)30/h7,9-10,14,16-19,21,26-27,30H,8,11H2,1-6H3/b12-7-/t14-,16+,17?,18?,19-,21+,24?,25+/m1/s1. The Hall–Kier alpha value is -1.76. The van der Waals surface area contributed by atoms with E-state index >= 15 is 0 Å². The summed E-state index contributed by atoms with van der Waals surface area (Å²) in [7, 11) is 0. The van der Waals surface area contributed by atoms with E-state index in [1.807, 2.05) is 6.92 Å². The highest BCUT2D eigenvalue weighted by atomic mass is 16.6. The number of aliphatic hydroxyl groups is 3. The van der Waals surface area contributed by atoms with Crippen LogP contribution in [0.5, 0.6) is 0 Å². The fourth-order valence-electron chi connectivity index (χ4n) is 6.91. The van der Waals surface area contributed by atoms with Crippen molar-refractivity contribution >= 4 is 11.8 Å². The molecule has 0 aromatic carbocycles. The summed E-state index contributed by atoms with van der Waals surface area (Å²) in [5, 5.41) is 33.7. The quantitative estimate of drug-likeness (QED) is 0.361. The van der Waals surface area contributed by atoms with Crippen LogP contribution in [-0.4, -0.2) is 51.5 Å². The summed E-state index contributed by atoms with van der Waals surface area (Å²) in [4.78, 5) is 26.8. The molecule has 0 aromatic rings. The van der Waals surface area contributed by atoms with Gasteiger partial charge in [-0.15, -0.1) is 0 Å². The van der Waals surface area contributed by atoms with Crippen LogP contribution in [0.3, 0.4) is 0 Å². The van der Waals surface area contributed by atoms with Gasteiger partial charge in [0.1, 0.15) is 6.10 Å². The molecule has 3 unspecified atom stereocenters. The number of fused-ring (bicyclic) bond motifs is 3. The molecule has 0 aliphatic heterocycles. The van der Waals surface area contributed by atoms with E-state index in [4.69, 9.17) is 4.74 Å². The maximum atomic E-state index is 14.2. The molecule has 4 aliphatic carbocycles. The largest absolute Gasteiger partial charge is 0.451 e. The van der Waals surface area contributed by atoms with E-state index in [1.165, 1.54) is 0 Å². The van der Waals surface area contributed by atoms with Crippen molar-refractivity contribution in [2.75, 3.05) is 6.61 Å². The van der Waals surface area contributed by atoms with E-state index in [0.29, 0.717) is 17.1 Å². The highest BCUT2D eigenvalue weighted by molar-refractivity contribution is 5.96. The number of allylic oxidation sites excluding steroid dienone is 2. The van der Waals surface area contributed by atoms with Crippen LogP contribution >= 0.6 is 0 Å². The first kappa shape index (κ1) is 22.4. The van der Waals surface area contributed by atoms with Gasteiger partial charge in [-0.3, -0.25) is 4.79 Å². The van der Waals surface area contributed by atoms with Crippen LogP contribution in [0.15, 0.2) is 34.9 Å². The zero-order chi connectivity index (χ0) is 23.1. The Labute approximate surface area is 183 Å². The molecule has 8 atom stereocenters. The van der Waals surface area contributed by atoms with Crippen LogP contribution in [0, 0.1) is 34.5 Å². The lowest BCUT2D eigenvalue weighted by Gasteiger charge is -2.48. The van der Waals surface area contributed by atoms with E-state index in [1.54, 1.807) is 39.0 Å². The van der Waals surface area contributed by atoms with Crippen molar-refractivity contribution in [3.63, 3.8) is 0 Å². The first-order valence-corrected chi connectivity index (χ1v) is 11.2. The van der Waals surface area contributed by atoms with Crippen LogP contribution in [0.1, 0.15) is 48.0 Å². The fraction of sp³-hybridized carbons (Fsp3) is 0.680. The average Bonchev–Trinajstić information content (AvgIpc) is 3.21. The van der Waals surface area contributed by atoms with Crippen LogP contribution in [0.25, 0.3) is 0 Å². The van der Waals surface area contributed by atoms with E-state index in [0.717, 1.165) is 6.42 Å². The molecule has 0 heterocycles. The minimum absolute atomic E-state index is 0.0209. The highest BCUT2D eigenvalue weighted by Crippen LogP contribution is 2.71. The molecule has 2 saturated carbocycles. The number of Topliss-reactive ketones (excluding diaryl/α,β-unsaturated/α-hetero) is 1. The van der Waals surface area contributed by atoms with Crippen molar-refractivity contribution in [3.05, 3.63) is 34.9 Å². The van der Waals surface area contributed by atoms with Gasteiger partial charge < -0.3 is 20.1 Å². The first-order chi connectivity index (χ1) is 14.4. The lowest BCUT2D eigenvalue weighted by molar-refractivity contribution is -0.201. The molecule has 0 amide bonds. The zero-order valence-electron chi connectivity index (χ0n) is 19.2. The molecule has 0 saturated heterocycles. The Morgan fingerprint density at radius 3 is 2.58 bits per heavy atom. The van der Waals surface area contributed by atoms with Gasteiger partial charge in [-0.2, -0.15) is 0 Å². The number of carbonyl (C=O) groups excluding carboxylic acids is 2. The third kappa shape index (κ3) is 2.61. The number of ketones is 1. The van der Waals surface area contributed by atoms with Gasteiger partial charge >= 0.3 is 5.97 Å². The lowest BCUT2D eigenvalue weighted by Crippen LogP contribution is -2.65. The Morgan fingerprint density at radius 2 is 2.00 bits per heavy atom. The molecule has 170 valence electrons. The normalized spacial score (nSPS) is 45.6. The van der Waals surface area contributed by atoms with Gasteiger partial charge in [0.15, 0.2) is 17.5 Å². The summed E-state index contributed by atoms with van der Waals surface area (Å²) < 4.78 is 5.72. The van der Waals surface area contributed by atoms with Gasteiger partial charge in [-0.25, -0.2) is 4.79 Å². The molecule has 31 heavy (non-hydrogen) atoms. The topological polar surface area (TPSA) is 104 Å². The predicted molar refractivity (Wildman–Crippen MR) is 115 cm³/mol. The van der Waals surface area contributed by atoms with E-state index in [-0.39, 0.29) is 28.6 Å². The molecule has 2 bridgehead atoms. The Balaban J connectivity index is 1.91. The van der Waals surface area contributed by atoms with Gasteiger partial charge in [0, 0.05) is 11.5 Å². The van der Waals surface area contributed by atoms with Crippen LogP contribution in [-0.2, 0) is 14.3 Å². The van der Waals surface area contributed by atoms with E-state index in [2.05, 4.69) is 13.8 Å². The third-order valence-corrected chi connectivity index (χ3v) is 8.88. The summed E-state index contributed by atoms with van der Waals surface area (Å²) in [5.41, 5.74) is -2.36. The summed E-state index contributed by atoms with van der Waals surface area (Å²) in [6, 6.07) is 0. The van der Waals surface area contributed by atoms with Crippen molar-refractivity contribution in [3.8, 4) is 0 Å². The number of ether oxygens (including phenoxy) is 1. The number of aliphatic hydroxyl groups excluding tert-OH is 2. The second-order valence-electron chi connectivity index (χ2n) is 10.6. The average molecular weight is 431 g/mol. The maximum Gasteiger partial charge on any atom is 0.334 e. The maximum absolute atomic E-state index is 14.2. The molecule has 6 heteroatoms. The van der Waals surface area contributed by atoms with Crippen LogP contribution in [0.2, 0.25) is 0 Å². The van der Waals surface area contributed by atoms with Crippen LogP contribution in [0.4, 0.5) is 0 Å². The van der Waals surface area contributed by atoms with Crippen LogP contribution < -0.4 is 0 Å². The molecule has 1 spiro atoms. The smallest absolute Gasteiger partial charge is 0.334 e. The van der Waals surface area contributed by atoms with Crippen molar-refractivity contribution < 1.29 is 29.6 Å². The Kier molecular flexibility index (Phi) is 4.97. The van der Waals surface area contributed by atoms with Crippen molar-refractivity contribution in [2.24, 2.45) is 34.5 Å². The molecule has 2 fully saturated rings. The fourth-order valence-corrected chi connectivity index (χ4v) is 6.91. The van der Waals surface area contributed by atoms with Gasteiger partial charge in [0.25, 0.3) is 0 Å². The molecule has 3 N–H and O–H groups in total. The van der Waals surface area contributed by atoms with Crippen molar-refractivity contribution in [2.45, 2.75) is 65.8 Å². The number of esters is 1. The molecule has 0 radical (unpaired) electrons. The van der Waals surface area contributed by atoms with Gasteiger partial charge in [-0.05, 0) is 61.5 Å². The third-order valence-electron chi connectivity index (χ3n) is 8.88. The van der Waals surface area contributed by atoms with Gasteiger partial charge in [0.2, 0.25) is 0 Å². The molecule has 4 rings (SSSR count). The van der Waals surface area contributed by atoms with E-state index in [9.17, 15) is 24.9 Å². The summed E-state index contributed by atoms with van der Waals surface area (Å²) in [5.74, 6) is -1.13. The highest BCUT2D eigenvalue weighted by Gasteiger charge is 2.76. The second kappa shape index (κ2) is 6.87. The molecule has 0 aromatic heterocycles. The number of carbonyl (C=O) groups is 2. The molecule has 6 nitrogen and oxygen atoms in total. The summed E-state index contributed by atoms with van der Waals surface area (Å²) in [6.07, 6.45) is 3.04. The van der Waals surface area contributed by atoms with Crippen molar-refractivity contribution in [1.82, 2.24) is 0 Å². The molecule has 4 aliphatic rings. The second-order valence-corrected chi connectivity index (χ2v) is 10.6. The lowest BCUT2D eigenvalue weighted by atomic mass is 9.59. The van der Waals surface area contributed by atoms with Crippen molar-refractivity contribution in [1.29, 1.82) is 0 Å². The Morgan fingerprint density at radius 1 is 1.35 bits per heavy atom. The number of rotatable bonds is 3. The minimum Gasteiger partial charge on any atom is -0.451 e. The summed E-state index contributed by atoms with van der Waals surface area (Å²) in [6.45, 7) is 10.8. The molecular weight excluding hydrogens is 396 g/mol. The number of hydrogen-bond acceptors (Lipinski definition) is 6. The minimum atomic E-state index is -2.08. The van der Waals surface area contributed by atoms with E-state index < -0.39 is 41.7 Å².